The number of pyridine rings is 1. The molecule has 1 aliphatic heterocycles. The van der Waals surface area contributed by atoms with E-state index in [9.17, 15) is 4.79 Å². The lowest BCUT2D eigenvalue weighted by molar-refractivity contribution is 0.102. The van der Waals surface area contributed by atoms with Gasteiger partial charge in [-0.1, -0.05) is 6.07 Å². The van der Waals surface area contributed by atoms with Crippen LogP contribution in [0.5, 0.6) is 5.75 Å². The van der Waals surface area contributed by atoms with E-state index >= 15 is 0 Å². The number of ether oxygens (including phenoxy) is 2. The SMILES string of the molecule is COc1ccc(NC(=O)c2ccc3c(c2)COC3)c2cccnc12. The molecule has 1 amide bonds. The average molecular weight is 320 g/mol. The summed E-state index contributed by atoms with van der Waals surface area (Å²) in [5, 5.41) is 3.81. The van der Waals surface area contributed by atoms with Gasteiger partial charge in [0.05, 0.1) is 26.0 Å². The van der Waals surface area contributed by atoms with Crippen LogP contribution >= 0.6 is 0 Å². The van der Waals surface area contributed by atoms with Crippen molar-refractivity contribution in [1.82, 2.24) is 4.98 Å². The zero-order valence-corrected chi connectivity index (χ0v) is 13.2. The summed E-state index contributed by atoms with van der Waals surface area (Å²) in [5.74, 6) is 0.526. The van der Waals surface area contributed by atoms with Crippen molar-refractivity contribution in [3.63, 3.8) is 0 Å². The van der Waals surface area contributed by atoms with E-state index in [1.165, 1.54) is 0 Å². The van der Waals surface area contributed by atoms with Gasteiger partial charge >= 0.3 is 0 Å². The Hall–Kier alpha value is -2.92. The predicted octanol–water partition coefficient (Wildman–Crippen LogP) is 3.53. The lowest BCUT2D eigenvalue weighted by Gasteiger charge is -2.11. The molecule has 0 spiro atoms. The van der Waals surface area contributed by atoms with Gasteiger partial charge in [-0.15, -0.1) is 0 Å². The zero-order chi connectivity index (χ0) is 16.5. The summed E-state index contributed by atoms with van der Waals surface area (Å²) in [6.45, 7) is 1.18. The smallest absolute Gasteiger partial charge is 0.255 e. The molecule has 0 atom stereocenters. The molecule has 2 aromatic carbocycles. The summed E-state index contributed by atoms with van der Waals surface area (Å²) in [4.78, 5) is 17.0. The van der Waals surface area contributed by atoms with E-state index in [4.69, 9.17) is 9.47 Å². The van der Waals surface area contributed by atoms with Crippen LogP contribution in [0.2, 0.25) is 0 Å². The van der Waals surface area contributed by atoms with Crippen molar-refractivity contribution in [3.05, 3.63) is 65.4 Å². The molecule has 1 aromatic heterocycles. The second-order valence-electron chi connectivity index (χ2n) is 5.65. The fourth-order valence-electron chi connectivity index (χ4n) is 2.93. The molecule has 0 radical (unpaired) electrons. The van der Waals surface area contributed by atoms with Crippen LogP contribution in [-0.2, 0) is 18.0 Å². The Morgan fingerprint density at radius 2 is 2.04 bits per heavy atom. The van der Waals surface area contributed by atoms with Gasteiger partial charge in [-0.25, -0.2) is 0 Å². The second-order valence-corrected chi connectivity index (χ2v) is 5.65. The van der Waals surface area contributed by atoms with Crippen molar-refractivity contribution in [2.24, 2.45) is 0 Å². The van der Waals surface area contributed by atoms with Gasteiger partial charge in [-0.3, -0.25) is 9.78 Å². The van der Waals surface area contributed by atoms with Gasteiger partial charge in [-0.05, 0) is 47.5 Å². The number of amides is 1. The van der Waals surface area contributed by atoms with Gasteiger partial charge in [0, 0.05) is 17.1 Å². The topological polar surface area (TPSA) is 60.5 Å². The van der Waals surface area contributed by atoms with E-state index in [0.717, 1.165) is 22.0 Å². The van der Waals surface area contributed by atoms with Crippen LogP contribution in [0.4, 0.5) is 5.69 Å². The summed E-state index contributed by atoms with van der Waals surface area (Å²) in [5.41, 5.74) is 4.27. The Bertz CT molecular complexity index is 937. The van der Waals surface area contributed by atoms with Gasteiger partial charge in [0.15, 0.2) is 0 Å². The molecule has 3 aromatic rings. The lowest BCUT2D eigenvalue weighted by Crippen LogP contribution is -2.12. The quantitative estimate of drug-likeness (QED) is 0.802. The van der Waals surface area contributed by atoms with Crippen LogP contribution < -0.4 is 10.1 Å². The molecule has 2 heterocycles. The number of nitrogens with one attached hydrogen (secondary N) is 1. The molecule has 1 aliphatic rings. The summed E-state index contributed by atoms with van der Waals surface area (Å²) >= 11 is 0. The van der Waals surface area contributed by atoms with E-state index < -0.39 is 0 Å². The maximum absolute atomic E-state index is 12.6. The van der Waals surface area contributed by atoms with Gasteiger partial charge in [0.1, 0.15) is 11.3 Å². The van der Waals surface area contributed by atoms with Crippen LogP contribution in [0, 0.1) is 0 Å². The van der Waals surface area contributed by atoms with Gasteiger partial charge < -0.3 is 14.8 Å². The Morgan fingerprint density at radius 1 is 1.17 bits per heavy atom. The Labute approximate surface area is 139 Å². The maximum Gasteiger partial charge on any atom is 0.255 e. The van der Waals surface area contributed by atoms with Crippen molar-refractivity contribution >= 4 is 22.5 Å². The third-order valence-electron chi connectivity index (χ3n) is 4.18. The normalized spacial score (nSPS) is 12.9. The van der Waals surface area contributed by atoms with Crippen molar-refractivity contribution in [2.75, 3.05) is 12.4 Å². The highest BCUT2D eigenvalue weighted by Gasteiger charge is 2.15. The lowest BCUT2D eigenvalue weighted by atomic mass is 10.1. The van der Waals surface area contributed by atoms with E-state index in [1.807, 2.05) is 42.5 Å². The number of benzene rings is 2. The van der Waals surface area contributed by atoms with E-state index in [1.54, 1.807) is 13.3 Å². The molecular formula is C19H16N2O3. The van der Waals surface area contributed by atoms with Gasteiger partial charge in [0.25, 0.3) is 5.91 Å². The number of hydrogen-bond acceptors (Lipinski definition) is 4. The van der Waals surface area contributed by atoms with E-state index in [0.29, 0.717) is 30.2 Å². The highest BCUT2D eigenvalue weighted by Crippen LogP contribution is 2.30. The number of aromatic nitrogens is 1. The van der Waals surface area contributed by atoms with Crippen molar-refractivity contribution in [1.29, 1.82) is 0 Å². The molecule has 0 saturated heterocycles. The number of anilines is 1. The monoisotopic (exact) mass is 320 g/mol. The molecular weight excluding hydrogens is 304 g/mol. The molecule has 0 fully saturated rings. The van der Waals surface area contributed by atoms with Crippen molar-refractivity contribution < 1.29 is 14.3 Å². The predicted molar refractivity (Wildman–Crippen MR) is 91.2 cm³/mol. The molecule has 0 bridgehead atoms. The molecule has 5 heteroatoms. The standard InChI is InChI=1S/C19H16N2O3/c1-23-17-7-6-16(15-3-2-8-20-18(15)17)21-19(22)12-4-5-13-10-24-11-14(13)9-12/h2-9H,10-11H2,1H3,(H,21,22). The van der Waals surface area contributed by atoms with E-state index in [2.05, 4.69) is 10.3 Å². The van der Waals surface area contributed by atoms with Crippen LogP contribution in [0.1, 0.15) is 21.5 Å². The first-order valence-electron chi connectivity index (χ1n) is 7.69. The molecule has 120 valence electrons. The summed E-state index contributed by atoms with van der Waals surface area (Å²) < 4.78 is 10.7. The number of carbonyl (C=O) groups excluding carboxylic acids is 1. The number of hydrogen-bond donors (Lipinski definition) is 1. The first kappa shape index (κ1) is 14.7. The molecule has 0 unspecified atom stereocenters. The molecule has 5 nitrogen and oxygen atoms in total. The number of methoxy groups -OCH3 is 1. The minimum Gasteiger partial charge on any atom is -0.494 e. The van der Waals surface area contributed by atoms with Crippen molar-refractivity contribution in [2.45, 2.75) is 13.2 Å². The first-order chi connectivity index (χ1) is 11.8. The van der Waals surface area contributed by atoms with Crippen LogP contribution in [0.15, 0.2) is 48.7 Å². The average Bonchev–Trinajstić information content (AvgIpc) is 3.09. The van der Waals surface area contributed by atoms with Crippen LogP contribution in [0.25, 0.3) is 10.9 Å². The Kier molecular flexibility index (Phi) is 3.63. The minimum absolute atomic E-state index is 0.153. The fourth-order valence-corrected chi connectivity index (χ4v) is 2.93. The van der Waals surface area contributed by atoms with Crippen LogP contribution in [-0.4, -0.2) is 18.0 Å². The minimum atomic E-state index is -0.153. The first-order valence-corrected chi connectivity index (χ1v) is 7.69. The fraction of sp³-hybridized carbons (Fsp3) is 0.158. The highest BCUT2D eigenvalue weighted by atomic mass is 16.5. The zero-order valence-electron chi connectivity index (χ0n) is 13.2. The third kappa shape index (κ3) is 2.49. The summed E-state index contributed by atoms with van der Waals surface area (Å²) in [7, 11) is 1.61. The van der Waals surface area contributed by atoms with Gasteiger partial charge in [-0.2, -0.15) is 0 Å². The number of rotatable bonds is 3. The highest BCUT2D eigenvalue weighted by molar-refractivity contribution is 6.09. The molecule has 0 saturated carbocycles. The van der Waals surface area contributed by atoms with Crippen molar-refractivity contribution in [3.8, 4) is 5.75 Å². The third-order valence-corrected chi connectivity index (χ3v) is 4.18. The maximum atomic E-state index is 12.6. The van der Waals surface area contributed by atoms with Gasteiger partial charge in [0.2, 0.25) is 0 Å². The van der Waals surface area contributed by atoms with Crippen LogP contribution in [0.3, 0.4) is 0 Å². The Balaban J connectivity index is 1.68. The number of nitrogens with zero attached hydrogens (tertiary/aromatic N) is 1. The summed E-state index contributed by atoms with van der Waals surface area (Å²) in [6.07, 6.45) is 1.71. The molecule has 0 aliphatic carbocycles. The van der Waals surface area contributed by atoms with E-state index in [-0.39, 0.29) is 5.91 Å². The summed E-state index contributed by atoms with van der Waals surface area (Å²) in [6, 6.07) is 13.1. The second kappa shape index (κ2) is 5.94. The molecule has 4 rings (SSSR count). The largest absolute Gasteiger partial charge is 0.494 e. The number of carbonyl (C=O) groups is 1. The Morgan fingerprint density at radius 3 is 2.92 bits per heavy atom. The number of fused-ring (bicyclic) bond motifs is 2. The molecule has 1 N–H and O–H groups in total. The molecule has 24 heavy (non-hydrogen) atoms.